The molecule has 110 valence electrons. The molecular formula is C16H14Cl2O3. The molecule has 21 heavy (non-hydrogen) atoms. The summed E-state index contributed by atoms with van der Waals surface area (Å²) in [6.07, 6.45) is 1.38. The molecule has 0 saturated heterocycles. The Bertz CT molecular complexity index is 624. The average molecular weight is 325 g/mol. The number of hydrogen-bond donors (Lipinski definition) is 0. The fourth-order valence-corrected chi connectivity index (χ4v) is 2.45. The Kier molecular flexibility index (Phi) is 5.48. The van der Waals surface area contributed by atoms with Gasteiger partial charge in [-0.3, -0.25) is 4.79 Å². The maximum absolute atomic E-state index is 11.0. The second-order valence-corrected chi connectivity index (χ2v) is 5.21. The summed E-state index contributed by atoms with van der Waals surface area (Å²) in [6.45, 7) is 0.411. The third-order valence-corrected chi connectivity index (χ3v) is 3.46. The van der Waals surface area contributed by atoms with Gasteiger partial charge >= 0.3 is 0 Å². The van der Waals surface area contributed by atoms with E-state index in [9.17, 15) is 4.79 Å². The van der Waals surface area contributed by atoms with Crippen LogP contribution in [0.4, 0.5) is 0 Å². The van der Waals surface area contributed by atoms with Crippen LogP contribution < -0.4 is 9.47 Å². The molecule has 0 amide bonds. The summed E-state index contributed by atoms with van der Waals surface area (Å²) in [4.78, 5) is 11.0. The lowest BCUT2D eigenvalue weighted by Gasteiger charge is -2.11. The summed E-state index contributed by atoms with van der Waals surface area (Å²) in [5.41, 5.74) is 1.45. The number of rotatable bonds is 6. The molecule has 0 radical (unpaired) electrons. The summed E-state index contributed by atoms with van der Waals surface area (Å²) in [7, 11) is 1.63. The summed E-state index contributed by atoms with van der Waals surface area (Å²) in [5, 5.41) is 0.740. The molecule has 0 unspecified atom stereocenters. The van der Waals surface area contributed by atoms with Gasteiger partial charge in [-0.25, -0.2) is 0 Å². The van der Waals surface area contributed by atoms with Gasteiger partial charge in [0.25, 0.3) is 0 Å². The van der Waals surface area contributed by atoms with E-state index in [1.54, 1.807) is 13.2 Å². The molecule has 0 heterocycles. The predicted molar refractivity (Wildman–Crippen MR) is 84.0 cm³/mol. The van der Waals surface area contributed by atoms with Crippen LogP contribution in [0, 0.1) is 0 Å². The van der Waals surface area contributed by atoms with Crippen LogP contribution in [0.5, 0.6) is 11.5 Å². The smallest absolute Gasteiger partial charge is 0.153 e. The van der Waals surface area contributed by atoms with Crippen molar-refractivity contribution in [3.05, 3.63) is 57.6 Å². The predicted octanol–water partition coefficient (Wildman–Crippen LogP) is 4.44. The number of ether oxygens (including phenoxy) is 2. The van der Waals surface area contributed by atoms with E-state index in [4.69, 9.17) is 32.7 Å². The van der Waals surface area contributed by atoms with E-state index in [2.05, 4.69) is 0 Å². The highest BCUT2D eigenvalue weighted by atomic mass is 35.5. The van der Waals surface area contributed by atoms with E-state index >= 15 is 0 Å². The van der Waals surface area contributed by atoms with Gasteiger partial charge in [0.1, 0.15) is 11.5 Å². The zero-order valence-corrected chi connectivity index (χ0v) is 12.9. The number of hydrogen-bond acceptors (Lipinski definition) is 3. The van der Waals surface area contributed by atoms with Crippen molar-refractivity contribution in [2.24, 2.45) is 0 Å². The topological polar surface area (TPSA) is 35.5 Å². The second kappa shape index (κ2) is 7.34. The van der Waals surface area contributed by atoms with Crippen LogP contribution in [0.2, 0.25) is 10.0 Å². The standard InChI is InChI=1S/C16H14Cl2O3/c1-20-14-4-2-11(3-5-14)6-7-21-16-12(10-19)8-13(17)9-15(16)18/h2-5,8-10H,6-7H2,1H3. The molecule has 0 fully saturated rings. The minimum Gasteiger partial charge on any atom is -0.497 e. The van der Waals surface area contributed by atoms with Crippen LogP contribution in [-0.4, -0.2) is 20.0 Å². The highest BCUT2D eigenvalue weighted by molar-refractivity contribution is 6.36. The highest BCUT2D eigenvalue weighted by Gasteiger charge is 2.10. The van der Waals surface area contributed by atoms with E-state index in [1.165, 1.54) is 6.07 Å². The van der Waals surface area contributed by atoms with Gasteiger partial charge in [0.05, 0.1) is 24.3 Å². The van der Waals surface area contributed by atoms with E-state index in [1.807, 2.05) is 24.3 Å². The van der Waals surface area contributed by atoms with Gasteiger partial charge in [-0.2, -0.15) is 0 Å². The third-order valence-electron chi connectivity index (χ3n) is 2.96. The average Bonchev–Trinajstić information content (AvgIpc) is 2.49. The third kappa shape index (κ3) is 4.13. The Hall–Kier alpha value is -1.71. The minimum absolute atomic E-state index is 0.333. The first-order chi connectivity index (χ1) is 10.1. The molecule has 0 spiro atoms. The molecule has 0 bridgehead atoms. The molecule has 5 heteroatoms. The van der Waals surface area contributed by atoms with E-state index in [-0.39, 0.29) is 0 Å². The van der Waals surface area contributed by atoms with Crippen molar-refractivity contribution in [2.45, 2.75) is 6.42 Å². The molecule has 0 aromatic heterocycles. The zero-order chi connectivity index (χ0) is 15.2. The van der Waals surface area contributed by atoms with Crippen LogP contribution in [0.25, 0.3) is 0 Å². The van der Waals surface area contributed by atoms with Crippen LogP contribution in [-0.2, 0) is 6.42 Å². The summed E-state index contributed by atoms with van der Waals surface area (Å²) in [5.74, 6) is 1.17. The number of carbonyl (C=O) groups is 1. The van der Waals surface area contributed by atoms with Gasteiger partial charge in [0.15, 0.2) is 6.29 Å². The quantitative estimate of drug-likeness (QED) is 0.737. The van der Waals surface area contributed by atoms with Crippen LogP contribution in [0.3, 0.4) is 0 Å². The van der Waals surface area contributed by atoms with Crippen molar-refractivity contribution in [3.63, 3.8) is 0 Å². The summed E-state index contributed by atoms with van der Waals surface area (Å²) >= 11 is 11.9. The van der Waals surface area contributed by atoms with Gasteiger partial charge in [0.2, 0.25) is 0 Å². The van der Waals surface area contributed by atoms with Gasteiger partial charge in [-0.1, -0.05) is 35.3 Å². The molecule has 0 N–H and O–H groups in total. The molecule has 2 aromatic rings. The van der Waals surface area contributed by atoms with Gasteiger partial charge in [-0.05, 0) is 29.8 Å². The van der Waals surface area contributed by atoms with Crippen molar-refractivity contribution < 1.29 is 14.3 Å². The van der Waals surface area contributed by atoms with Gasteiger partial charge < -0.3 is 9.47 Å². The Morgan fingerprint density at radius 3 is 2.48 bits per heavy atom. The van der Waals surface area contributed by atoms with Crippen LogP contribution >= 0.6 is 23.2 Å². The number of methoxy groups -OCH3 is 1. The summed E-state index contributed by atoms with van der Waals surface area (Å²) < 4.78 is 10.7. The first-order valence-corrected chi connectivity index (χ1v) is 7.09. The summed E-state index contributed by atoms with van der Waals surface area (Å²) in [6, 6.07) is 10.8. The van der Waals surface area contributed by atoms with Crippen molar-refractivity contribution >= 4 is 29.5 Å². The second-order valence-electron chi connectivity index (χ2n) is 4.37. The highest BCUT2D eigenvalue weighted by Crippen LogP contribution is 2.31. The number of carbonyl (C=O) groups excluding carboxylic acids is 1. The normalized spacial score (nSPS) is 10.2. The molecular weight excluding hydrogens is 311 g/mol. The van der Waals surface area contributed by atoms with E-state index in [0.29, 0.717) is 40.7 Å². The molecule has 0 aliphatic carbocycles. The zero-order valence-electron chi connectivity index (χ0n) is 11.4. The van der Waals surface area contributed by atoms with Crippen molar-refractivity contribution in [3.8, 4) is 11.5 Å². The van der Waals surface area contributed by atoms with E-state index < -0.39 is 0 Å². The Labute approximate surface area is 133 Å². The molecule has 2 rings (SSSR count). The molecule has 0 aliphatic rings. The first kappa shape index (κ1) is 15.7. The lowest BCUT2D eigenvalue weighted by Crippen LogP contribution is -2.04. The monoisotopic (exact) mass is 324 g/mol. The first-order valence-electron chi connectivity index (χ1n) is 6.34. The van der Waals surface area contributed by atoms with Gasteiger partial charge in [0, 0.05) is 11.4 Å². The van der Waals surface area contributed by atoms with Crippen LogP contribution in [0.15, 0.2) is 36.4 Å². The van der Waals surface area contributed by atoms with Crippen molar-refractivity contribution in [1.29, 1.82) is 0 Å². The molecule has 3 nitrogen and oxygen atoms in total. The SMILES string of the molecule is COc1ccc(CCOc2c(Cl)cc(Cl)cc2C=O)cc1. The number of aldehydes is 1. The molecule has 0 atom stereocenters. The number of halogens is 2. The molecule has 2 aromatic carbocycles. The fourth-order valence-electron chi connectivity index (χ4n) is 1.88. The van der Waals surface area contributed by atoms with Crippen molar-refractivity contribution in [2.75, 3.05) is 13.7 Å². The maximum Gasteiger partial charge on any atom is 0.153 e. The Morgan fingerprint density at radius 2 is 1.86 bits per heavy atom. The molecule has 0 saturated carbocycles. The Balaban J connectivity index is 2.01. The maximum atomic E-state index is 11.0. The minimum atomic E-state index is 0.333. The fraction of sp³-hybridized carbons (Fsp3) is 0.188. The van der Waals surface area contributed by atoms with Crippen molar-refractivity contribution in [1.82, 2.24) is 0 Å². The van der Waals surface area contributed by atoms with Gasteiger partial charge in [-0.15, -0.1) is 0 Å². The molecule has 0 aliphatic heterocycles. The van der Waals surface area contributed by atoms with E-state index in [0.717, 1.165) is 11.3 Å². The van der Waals surface area contributed by atoms with Crippen LogP contribution in [0.1, 0.15) is 15.9 Å². The number of benzene rings is 2. The Morgan fingerprint density at radius 1 is 1.14 bits per heavy atom. The lowest BCUT2D eigenvalue weighted by molar-refractivity contribution is 0.111. The largest absolute Gasteiger partial charge is 0.497 e. The lowest BCUT2D eigenvalue weighted by atomic mass is 10.1.